The predicted molar refractivity (Wildman–Crippen MR) is 147 cm³/mol. The normalized spacial score (nSPS) is 14.1. The molecule has 0 spiro atoms. The number of nitrogens with one attached hydrogen (secondary N) is 1. The van der Waals surface area contributed by atoms with Crippen molar-refractivity contribution >= 4 is 13.5 Å². The monoisotopic (exact) mass is 511 g/mol. The highest BCUT2D eigenvalue weighted by molar-refractivity contribution is 7.55. The molecule has 0 aromatic heterocycles. The Morgan fingerprint density at radius 2 is 1.23 bits per heavy atom. The Kier molecular flexibility index (Phi) is 18.9. The van der Waals surface area contributed by atoms with E-state index in [9.17, 15) is 9.36 Å². The SMILES string of the molecule is CCOP(=O)(OCC)C(CC)C(=O)NOCC=C(C)CCC=C(C)CCC=C(C)CCC=C(C)C. The third-order valence-electron chi connectivity index (χ3n) is 5.53. The molecule has 1 atom stereocenters. The van der Waals surface area contributed by atoms with Crippen molar-refractivity contribution in [2.75, 3.05) is 19.8 Å². The summed E-state index contributed by atoms with van der Waals surface area (Å²) >= 11 is 0. The first-order valence-electron chi connectivity index (χ1n) is 13.0. The fourth-order valence-corrected chi connectivity index (χ4v) is 5.42. The van der Waals surface area contributed by atoms with E-state index in [0.717, 1.165) is 38.5 Å². The molecule has 0 aliphatic carbocycles. The van der Waals surface area contributed by atoms with Gasteiger partial charge in [0.15, 0.2) is 0 Å². The van der Waals surface area contributed by atoms with Crippen LogP contribution in [0.25, 0.3) is 0 Å². The Labute approximate surface area is 214 Å². The van der Waals surface area contributed by atoms with Crippen molar-refractivity contribution in [2.24, 2.45) is 0 Å². The molecule has 0 aliphatic rings. The number of hydrogen-bond donors (Lipinski definition) is 1. The molecule has 35 heavy (non-hydrogen) atoms. The van der Waals surface area contributed by atoms with Gasteiger partial charge in [-0.15, -0.1) is 0 Å². The first-order valence-corrected chi connectivity index (χ1v) is 14.6. The molecule has 0 rings (SSSR count). The Hall–Kier alpha value is -1.46. The van der Waals surface area contributed by atoms with Gasteiger partial charge in [0, 0.05) is 0 Å². The molecule has 0 fully saturated rings. The van der Waals surface area contributed by atoms with Crippen molar-refractivity contribution in [1.82, 2.24) is 5.48 Å². The van der Waals surface area contributed by atoms with Crippen molar-refractivity contribution in [3.63, 3.8) is 0 Å². The summed E-state index contributed by atoms with van der Waals surface area (Å²) in [5.41, 5.74) is 6.96. The topological polar surface area (TPSA) is 73.9 Å². The molecule has 0 radical (unpaired) electrons. The van der Waals surface area contributed by atoms with Gasteiger partial charge >= 0.3 is 7.60 Å². The minimum absolute atomic E-state index is 0.213. The third-order valence-corrected chi connectivity index (χ3v) is 8.13. The first-order chi connectivity index (χ1) is 16.6. The van der Waals surface area contributed by atoms with E-state index in [1.54, 1.807) is 20.8 Å². The zero-order chi connectivity index (χ0) is 26.7. The van der Waals surface area contributed by atoms with E-state index in [1.165, 1.54) is 22.3 Å². The summed E-state index contributed by atoms with van der Waals surface area (Å²) in [6.07, 6.45) is 15.6. The molecule has 202 valence electrons. The van der Waals surface area contributed by atoms with Gasteiger partial charge in [-0.05, 0) is 93.4 Å². The van der Waals surface area contributed by atoms with Crippen LogP contribution in [0.1, 0.15) is 100 Å². The van der Waals surface area contributed by atoms with Crippen LogP contribution in [-0.4, -0.2) is 31.4 Å². The van der Waals surface area contributed by atoms with Gasteiger partial charge in [0.1, 0.15) is 5.66 Å². The van der Waals surface area contributed by atoms with E-state index in [1.807, 2.05) is 6.08 Å². The van der Waals surface area contributed by atoms with Crippen LogP contribution in [0.2, 0.25) is 0 Å². The number of rotatable bonds is 19. The molecule has 1 amide bonds. The van der Waals surface area contributed by atoms with E-state index in [4.69, 9.17) is 13.9 Å². The number of carbonyl (C=O) groups excluding carboxylic acids is 1. The highest BCUT2D eigenvalue weighted by Gasteiger charge is 2.39. The Balaban J connectivity index is 4.39. The van der Waals surface area contributed by atoms with Gasteiger partial charge in [-0.1, -0.05) is 53.5 Å². The van der Waals surface area contributed by atoms with Gasteiger partial charge in [0.25, 0.3) is 5.91 Å². The van der Waals surface area contributed by atoms with Crippen LogP contribution >= 0.6 is 7.60 Å². The van der Waals surface area contributed by atoms with Crippen molar-refractivity contribution in [3.05, 3.63) is 46.6 Å². The lowest BCUT2D eigenvalue weighted by Crippen LogP contribution is -2.35. The van der Waals surface area contributed by atoms with Crippen LogP contribution in [0, 0.1) is 0 Å². The molecular weight excluding hydrogens is 461 g/mol. The second-order valence-corrected chi connectivity index (χ2v) is 11.3. The molecule has 7 heteroatoms. The summed E-state index contributed by atoms with van der Waals surface area (Å²) in [7, 11) is -3.52. The van der Waals surface area contributed by atoms with Gasteiger partial charge in [0.05, 0.1) is 19.8 Å². The molecule has 0 aromatic rings. The highest BCUT2D eigenvalue weighted by atomic mass is 31.2. The summed E-state index contributed by atoms with van der Waals surface area (Å²) in [5, 5.41) is 0. The number of amides is 1. The van der Waals surface area contributed by atoms with Crippen LogP contribution in [-0.2, 0) is 23.2 Å². The van der Waals surface area contributed by atoms with Gasteiger partial charge in [0.2, 0.25) is 0 Å². The van der Waals surface area contributed by atoms with E-state index in [2.05, 4.69) is 58.3 Å². The van der Waals surface area contributed by atoms with Crippen molar-refractivity contribution in [3.8, 4) is 0 Å². The molecule has 6 nitrogen and oxygen atoms in total. The molecule has 0 saturated carbocycles. The summed E-state index contributed by atoms with van der Waals surface area (Å²) in [6, 6.07) is 0. The number of hydroxylamine groups is 1. The van der Waals surface area contributed by atoms with E-state index in [-0.39, 0.29) is 19.8 Å². The Morgan fingerprint density at radius 1 is 0.771 bits per heavy atom. The molecule has 0 aliphatic heterocycles. The van der Waals surface area contributed by atoms with Crippen molar-refractivity contribution < 1.29 is 23.2 Å². The molecule has 0 aromatic carbocycles. The maximum absolute atomic E-state index is 12.9. The summed E-state index contributed by atoms with van der Waals surface area (Å²) < 4.78 is 23.5. The third kappa shape index (κ3) is 16.0. The second kappa shape index (κ2) is 19.7. The van der Waals surface area contributed by atoms with E-state index in [0.29, 0.717) is 6.42 Å². The van der Waals surface area contributed by atoms with Crippen molar-refractivity contribution in [1.29, 1.82) is 0 Å². The highest BCUT2D eigenvalue weighted by Crippen LogP contribution is 2.54. The molecule has 0 heterocycles. The first kappa shape index (κ1) is 33.5. The number of allylic oxidation sites excluding steroid dienone is 7. The standard InChI is InChI=1S/C28H50NO5P/c1-9-27(35(31,33-10-2)34-11-3)28(30)29-32-22-21-26(8)20-14-19-25(7)18-13-17-24(6)16-12-15-23(4)5/h15,17,19,21,27H,9-14,16,18,20,22H2,1-8H3,(H,29,30). The summed E-state index contributed by atoms with van der Waals surface area (Å²) in [5.74, 6) is -0.483. The van der Waals surface area contributed by atoms with Gasteiger partial charge in [-0.2, -0.15) is 0 Å². The summed E-state index contributed by atoms with van der Waals surface area (Å²) in [4.78, 5) is 17.8. The minimum atomic E-state index is -3.52. The number of carbonyl (C=O) groups is 1. The fraction of sp³-hybridized carbons (Fsp3) is 0.679. The second-order valence-electron chi connectivity index (χ2n) is 9.13. The molecular formula is C28H50NO5P. The minimum Gasteiger partial charge on any atom is -0.308 e. The molecule has 1 unspecified atom stereocenters. The Morgan fingerprint density at radius 3 is 1.66 bits per heavy atom. The van der Waals surface area contributed by atoms with Crippen molar-refractivity contribution in [2.45, 2.75) is 106 Å². The smallest absolute Gasteiger partial charge is 0.308 e. The zero-order valence-electron chi connectivity index (χ0n) is 23.4. The number of hydrogen-bond acceptors (Lipinski definition) is 5. The fourth-order valence-electron chi connectivity index (χ4n) is 3.48. The maximum Gasteiger partial charge on any atom is 0.343 e. The molecule has 1 N–H and O–H groups in total. The van der Waals surface area contributed by atoms with Gasteiger partial charge in [-0.25, -0.2) is 5.48 Å². The van der Waals surface area contributed by atoms with E-state index < -0.39 is 19.2 Å². The predicted octanol–water partition coefficient (Wildman–Crippen LogP) is 8.22. The van der Waals surface area contributed by atoms with Gasteiger partial charge < -0.3 is 9.05 Å². The van der Waals surface area contributed by atoms with Crippen LogP contribution in [0.5, 0.6) is 0 Å². The Bertz CT molecular complexity index is 768. The molecule has 0 saturated heterocycles. The van der Waals surface area contributed by atoms with Gasteiger partial charge in [-0.3, -0.25) is 14.2 Å². The lowest BCUT2D eigenvalue weighted by molar-refractivity contribution is -0.132. The van der Waals surface area contributed by atoms with Crippen LogP contribution in [0.15, 0.2) is 46.6 Å². The molecule has 0 bridgehead atoms. The largest absolute Gasteiger partial charge is 0.343 e. The average Bonchev–Trinajstić information content (AvgIpc) is 2.77. The van der Waals surface area contributed by atoms with Crippen LogP contribution in [0.4, 0.5) is 0 Å². The summed E-state index contributed by atoms with van der Waals surface area (Å²) in [6.45, 7) is 16.7. The van der Waals surface area contributed by atoms with E-state index >= 15 is 0 Å². The lowest BCUT2D eigenvalue weighted by Gasteiger charge is -2.24. The van der Waals surface area contributed by atoms with Crippen LogP contribution in [0.3, 0.4) is 0 Å². The van der Waals surface area contributed by atoms with Crippen LogP contribution < -0.4 is 5.48 Å². The average molecular weight is 512 g/mol. The quantitative estimate of drug-likeness (QED) is 0.0818. The zero-order valence-corrected chi connectivity index (χ0v) is 24.3. The lowest BCUT2D eigenvalue weighted by atomic mass is 10.0. The maximum atomic E-state index is 12.9.